The van der Waals surface area contributed by atoms with Crippen molar-refractivity contribution >= 4 is 31.9 Å². The van der Waals surface area contributed by atoms with E-state index < -0.39 is 41.9 Å². The van der Waals surface area contributed by atoms with E-state index in [1.54, 1.807) is 0 Å². The molecule has 19 heavy (non-hydrogen) atoms. The lowest BCUT2D eigenvalue weighted by atomic mass is 10.2. The zero-order valence-electron chi connectivity index (χ0n) is 8.88. The van der Waals surface area contributed by atoms with Crippen LogP contribution in [0.15, 0.2) is 23.6 Å². The highest BCUT2D eigenvalue weighted by molar-refractivity contribution is 7.37. The van der Waals surface area contributed by atoms with Gasteiger partial charge in [-0.05, 0) is 6.07 Å². The third-order valence-corrected chi connectivity index (χ3v) is 4.19. The average Bonchev–Trinajstić information content (AvgIpc) is 2.67. The Morgan fingerprint density at radius 3 is 2.11 bits per heavy atom. The Hall–Kier alpha value is -2.23. The predicted octanol–water partition coefficient (Wildman–Crippen LogP) is 3.88. The van der Waals surface area contributed by atoms with Gasteiger partial charge in [-0.15, -0.1) is 13.2 Å². The van der Waals surface area contributed by atoms with Crippen molar-refractivity contribution in [2.45, 2.75) is 5.51 Å². The number of benzene rings is 1. The quantitative estimate of drug-likeness (QED) is 0.477. The molecule has 0 aliphatic rings. The maximum absolute atomic E-state index is 12.8. The molecular weight excluding hydrogens is 289 g/mol. The number of nitro groups is 2. The summed E-state index contributed by atoms with van der Waals surface area (Å²) in [6.07, 6.45) is 0. The van der Waals surface area contributed by atoms with Crippen LogP contribution in [-0.2, 0) is 5.51 Å². The molecule has 1 aromatic heterocycles. The van der Waals surface area contributed by atoms with E-state index in [1.807, 2.05) is 0 Å². The largest absolute Gasteiger partial charge is 0.601 e. The van der Waals surface area contributed by atoms with Crippen LogP contribution in [0.2, 0.25) is 0 Å². The lowest BCUT2D eigenvalue weighted by molar-refractivity contribution is -0.384. The van der Waals surface area contributed by atoms with Crippen molar-refractivity contribution in [2.75, 3.05) is 0 Å². The van der Waals surface area contributed by atoms with Crippen LogP contribution >= 0.6 is 10.5 Å². The Kier molecular flexibility index (Phi) is 2.89. The third kappa shape index (κ3) is 2.10. The highest BCUT2D eigenvalue weighted by atomic mass is 32.2. The summed E-state index contributed by atoms with van der Waals surface area (Å²) in [6, 6.07) is 3.11. The Morgan fingerprint density at radius 2 is 1.63 bits per heavy atom. The monoisotopic (exact) mass is 293 g/mol. The number of rotatable bonds is 2. The first-order valence-corrected chi connectivity index (χ1v) is 5.96. The van der Waals surface area contributed by atoms with Gasteiger partial charge in [-0.3, -0.25) is 20.2 Å². The second-order valence-corrected chi connectivity index (χ2v) is 5.24. The maximum Gasteiger partial charge on any atom is 0.601 e. The van der Waals surface area contributed by atoms with Crippen LogP contribution in [0.4, 0.5) is 24.5 Å². The Balaban J connectivity index is 2.96. The van der Waals surface area contributed by atoms with Gasteiger partial charge in [-0.1, -0.05) is 6.07 Å². The minimum absolute atomic E-state index is 0.347. The van der Waals surface area contributed by atoms with E-state index in [-0.39, 0.29) is 5.39 Å². The molecule has 0 N–H and O–H groups in total. The molecule has 0 saturated heterocycles. The van der Waals surface area contributed by atoms with E-state index in [2.05, 4.69) is 0 Å². The third-order valence-electron chi connectivity index (χ3n) is 2.36. The van der Waals surface area contributed by atoms with E-state index in [4.69, 9.17) is 0 Å². The summed E-state index contributed by atoms with van der Waals surface area (Å²) < 4.78 is 37.9. The molecule has 0 bridgehead atoms. The summed E-state index contributed by atoms with van der Waals surface area (Å²) in [4.78, 5) is 19.5. The molecule has 0 saturated carbocycles. The van der Waals surface area contributed by atoms with Crippen LogP contribution in [0.5, 0.6) is 0 Å². The van der Waals surface area contributed by atoms with Crippen molar-refractivity contribution in [3.05, 3.63) is 43.8 Å². The summed E-state index contributed by atoms with van der Waals surface area (Å²) in [5.41, 5.74) is -6.30. The van der Waals surface area contributed by atoms with Crippen LogP contribution in [0.1, 0.15) is 0 Å². The number of hydrogen-bond acceptors (Lipinski definition) is 4. The molecule has 0 aliphatic heterocycles. The van der Waals surface area contributed by atoms with Gasteiger partial charge < -0.3 is 0 Å². The lowest BCUT2D eigenvalue weighted by Crippen LogP contribution is -1.96. The molecule has 2 rings (SSSR count). The molecule has 1 heterocycles. The second-order valence-electron chi connectivity index (χ2n) is 3.45. The lowest BCUT2D eigenvalue weighted by Gasteiger charge is -1.95. The van der Waals surface area contributed by atoms with E-state index in [9.17, 15) is 33.4 Å². The summed E-state index contributed by atoms with van der Waals surface area (Å²) in [7, 11) is -2.65. The molecule has 0 aliphatic carbocycles. The second kappa shape index (κ2) is 4.16. The van der Waals surface area contributed by atoms with Gasteiger partial charge in [0.1, 0.15) is 15.9 Å². The van der Waals surface area contributed by atoms with Crippen molar-refractivity contribution in [1.29, 1.82) is 0 Å². The molecule has 0 fully saturated rings. The predicted molar refractivity (Wildman–Crippen MR) is 61.0 cm³/mol. The van der Waals surface area contributed by atoms with Gasteiger partial charge >= 0.3 is 16.9 Å². The topological polar surface area (TPSA) is 86.3 Å². The normalized spacial score (nSPS) is 12.7. The fraction of sp³-hybridized carbons (Fsp3) is 0.111. The number of non-ortho nitro benzene ring substituents is 1. The maximum atomic E-state index is 12.8. The van der Waals surface area contributed by atoms with Gasteiger partial charge in [0, 0.05) is 6.07 Å². The zero-order chi connectivity index (χ0) is 14.4. The molecule has 0 amide bonds. The Morgan fingerprint density at radius 1 is 1.05 bits per heavy atom. The Bertz CT molecular complexity index is 695. The number of alkyl halides is 3. The highest BCUT2D eigenvalue weighted by Gasteiger charge is 2.50. The minimum Gasteiger partial charge on any atom is -0.258 e. The minimum atomic E-state index is -4.79. The average molecular weight is 293 g/mol. The van der Waals surface area contributed by atoms with Crippen LogP contribution in [0, 0.1) is 20.2 Å². The van der Waals surface area contributed by atoms with Gasteiger partial charge in [0.05, 0.1) is 9.85 Å². The zero-order valence-corrected chi connectivity index (χ0v) is 9.70. The molecule has 1 atom stereocenters. The number of halogens is 3. The molecule has 0 radical (unpaired) electrons. The first-order valence-electron chi connectivity index (χ1n) is 4.67. The van der Waals surface area contributed by atoms with Crippen LogP contribution in [0.3, 0.4) is 0 Å². The molecule has 100 valence electrons. The standard InChI is InChI=1S/C9H4F3N2O4S/c10-9(11,12)19-4-7(14(17)18)5-2-1-3-6(8(5)19)13(15)16/h1-4H/q+1. The molecule has 6 nitrogen and oxygen atoms in total. The number of fused-ring (bicyclic) bond motifs is 1. The smallest absolute Gasteiger partial charge is 0.258 e. The van der Waals surface area contributed by atoms with E-state index in [0.717, 1.165) is 18.2 Å². The fourth-order valence-corrected chi connectivity index (χ4v) is 3.36. The molecule has 2 aromatic rings. The van der Waals surface area contributed by atoms with E-state index >= 15 is 0 Å². The van der Waals surface area contributed by atoms with Gasteiger partial charge in [0.2, 0.25) is 5.38 Å². The highest BCUT2D eigenvalue weighted by Crippen LogP contribution is 2.53. The van der Waals surface area contributed by atoms with Crippen molar-refractivity contribution in [1.82, 2.24) is 0 Å². The van der Waals surface area contributed by atoms with Crippen molar-refractivity contribution in [3.8, 4) is 0 Å². The molecular formula is C9H4F3N2O4S+. The first-order chi connectivity index (χ1) is 8.73. The van der Waals surface area contributed by atoms with Crippen molar-refractivity contribution < 1.29 is 23.0 Å². The molecule has 1 aromatic carbocycles. The van der Waals surface area contributed by atoms with E-state index in [0.29, 0.717) is 5.38 Å². The number of thiophene rings is 1. The van der Waals surface area contributed by atoms with Crippen LogP contribution in [0.25, 0.3) is 10.1 Å². The molecule has 10 heteroatoms. The molecule has 0 spiro atoms. The fourth-order valence-electron chi connectivity index (χ4n) is 1.66. The summed E-state index contributed by atoms with van der Waals surface area (Å²) >= 11 is 0. The van der Waals surface area contributed by atoms with Crippen molar-refractivity contribution in [3.63, 3.8) is 0 Å². The van der Waals surface area contributed by atoms with Crippen LogP contribution < -0.4 is 0 Å². The van der Waals surface area contributed by atoms with E-state index in [1.165, 1.54) is 0 Å². The summed E-state index contributed by atoms with van der Waals surface area (Å²) in [6.45, 7) is 0. The summed E-state index contributed by atoms with van der Waals surface area (Å²) in [5.74, 6) is 0. The van der Waals surface area contributed by atoms with Crippen LogP contribution in [-0.4, -0.2) is 9.85 Å². The Labute approximate surface area is 105 Å². The van der Waals surface area contributed by atoms with Gasteiger partial charge in [-0.2, -0.15) is 0 Å². The SMILES string of the molecule is O=[N+]([O-])c1c[s+](C(F)(F)F)c2c([N+](=O)[O-])cccc12. The number of nitro benzene ring substituents is 1. The number of nitrogens with zero attached hydrogens (tertiary/aromatic N) is 2. The van der Waals surface area contributed by atoms with Gasteiger partial charge in [0.15, 0.2) is 0 Å². The van der Waals surface area contributed by atoms with Gasteiger partial charge in [-0.25, -0.2) is 0 Å². The van der Waals surface area contributed by atoms with Crippen molar-refractivity contribution in [2.24, 2.45) is 0 Å². The van der Waals surface area contributed by atoms with Gasteiger partial charge in [0.25, 0.3) is 4.70 Å². The summed E-state index contributed by atoms with van der Waals surface area (Å²) in [5, 5.41) is 21.6. The number of hydrogen-bond donors (Lipinski definition) is 0. The first kappa shape index (κ1) is 13.2. The molecule has 1 unspecified atom stereocenters.